The van der Waals surface area contributed by atoms with Crippen LogP contribution in [0.4, 0.5) is 13.2 Å². The molecule has 0 amide bonds. The number of benzene rings is 1. The lowest BCUT2D eigenvalue weighted by molar-refractivity contribution is -0.138. The van der Waals surface area contributed by atoms with Crippen LogP contribution in [-0.2, 0) is 0 Å². The number of nitrogens with zero attached hydrogens (tertiary/aromatic N) is 1. The van der Waals surface area contributed by atoms with Crippen LogP contribution >= 0.6 is 12.4 Å². The summed E-state index contributed by atoms with van der Waals surface area (Å²) in [7, 11) is 1.42. The van der Waals surface area contributed by atoms with Gasteiger partial charge in [0, 0.05) is 44.2 Å². The topological polar surface area (TPSA) is 44.7 Å². The molecule has 0 unspecified atom stereocenters. The summed E-state index contributed by atoms with van der Waals surface area (Å²) in [6.45, 7) is 2.76. The number of phenolic OH excluding ortho intramolecular Hbond substituents is 1. The number of piperazine rings is 1. The molecule has 0 saturated carbocycles. The van der Waals surface area contributed by atoms with Gasteiger partial charge in [-0.25, -0.2) is 0 Å². The van der Waals surface area contributed by atoms with Crippen molar-refractivity contribution in [3.63, 3.8) is 0 Å². The van der Waals surface area contributed by atoms with Crippen molar-refractivity contribution in [1.29, 1.82) is 0 Å². The fraction of sp³-hybridized carbons (Fsp3) is 0.600. The van der Waals surface area contributed by atoms with Crippen LogP contribution in [0.1, 0.15) is 24.4 Å². The van der Waals surface area contributed by atoms with Crippen LogP contribution < -0.4 is 10.1 Å². The highest BCUT2D eigenvalue weighted by Gasteiger charge is 2.32. The van der Waals surface area contributed by atoms with Crippen molar-refractivity contribution in [3.05, 3.63) is 23.8 Å². The summed E-state index contributed by atoms with van der Waals surface area (Å²) in [6.07, 6.45) is -5.16. The lowest BCUT2D eigenvalue weighted by atomic mass is 9.98. The summed E-state index contributed by atoms with van der Waals surface area (Å²) in [5.41, 5.74) is 0.491. The number of aromatic hydroxyl groups is 1. The van der Waals surface area contributed by atoms with Crippen LogP contribution in [-0.4, -0.2) is 49.5 Å². The van der Waals surface area contributed by atoms with Gasteiger partial charge in [0.1, 0.15) is 0 Å². The Kier molecular flexibility index (Phi) is 7.44. The molecule has 0 radical (unpaired) electrons. The minimum Gasteiger partial charge on any atom is -0.504 e. The van der Waals surface area contributed by atoms with Gasteiger partial charge in [-0.05, 0) is 12.5 Å². The predicted molar refractivity (Wildman–Crippen MR) is 84.4 cm³/mol. The zero-order chi connectivity index (χ0) is 16.2. The molecular weight excluding hydrogens is 333 g/mol. The highest BCUT2D eigenvalue weighted by atomic mass is 35.5. The molecule has 0 bridgehead atoms. The van der Waals surface area contributed by atoms with E-state index in [4.69, 9.17) is 4.74 Å². The van der Waals surface area contributed by atoms with Gasteiger partial charge in [-0.1, -0.05) is 12.1 Å². The summed E-state index contributed by atoms with van der Waals surface area (Å²) in [5.74, 6) is 0.209. The molecule has 1 atom stereocenters. The Hall–Kier alpha value is -1.18. The van der Waals surface area contributed by atoms with Crippen LogP contribution in [0.15, 0.2) is 18.2 Å². The molecule has 0 spiro atoms. The Morgan fingerprint density at radius 3 is 2.52 bits per heavy atom. The average molecular weight is 355 g/mol. The van der Waals surface area contributed by atoms with Crippen molar-refractivity contribution in [2.24, 2.45) is 0 Å². The molecule has 0 aromatic heterocycles. The standard InChI is InChI=1S/C15H21F3N2O2.ClH/c1-22-13-4-2-3-11(14(13)21)12(5-6-15(16,17)18)20-9-7-19-8-10-20;/h2-4,12,19,21H,5-10H2,1H3;1H/t12-;/m1./s1. The zero-order valence-electron chi connectivity index (χ0n) is 12.9. The third-order valence-electron chi connectivity index (χ3n) is 3.90. The van der Waals surface area contributed by atoms with E-state index in [1.807, 2.05) is 4.90 Å². The van der Waals surface area contributed by atoms with E-state index in [0.29, 0.717) is 18.7 Å². The van der Waals surface area contributed by atoms with E-state index >= 15 is 0 Å². The van der Waals surface area contributed by atoms with Crippen LogP contribution in [0.25, 0.3) is 0 Å². The number of ether oxygens (including phenoxy) is 1. The van der Waals surface area contributed by atoms with Gasteiger partial charge in [0.05, 0.1) is 7.11 Å². The van der Waals surface area contributed by atoms with E-state index in [0.717, 1.165) is 13.1 Å². The Morgan fingerprint density at radius 1 is 1.30 bits per heavy atom. The number of nitrogens with one attached hydrogen (secondary N) is 1. The lowest BCUT2D eigenvalue weighted by Gasteiger charge is -2.35. The van der Waals surface area contributed by atoms with Crippen molar-refractivity contribution < 1.29 is 23.0 Å². The average Bonchev–Trinajstić information content (AvgIpc) is 2.49. The van der Waals surface area contributed by atoms with Gasteiger partial charge in [0.25, 0.3) is 0 Å². The number of halogens is 4. The molecule has 1 heterocycles. The SMILES string of the molecule is COc1cccc([C@@H](CCC(F)(F)F)N2CCNCC2)c1O.Cl. The molecule has 1 aliphatic heterocycles. The Balaban J connectivity index is 0.00000264. The van der Waals surface area contributed by atoms with Gasteiger partial charge >= 0.3 is 6.18 Å². The van der Waals surface area contributed by atoms with Crippen molar-refractivity contribution in [3.8, 4) is 11.5 Å². The molecule has 1 aromatic rings. The van der Waals surface area contributed by atoms with Crippen molar-refractivity contribution in [2.45, 2.75) is 25.1 Å². The molecular formula is C15H22ClF3N2O2. The monoisotopic (exact) mass is 354 g/mol. The molecule has 132 valence electrons. The molecule has 23 heavy (non-hydrogen) atoms. The lowest BCUT2D eigenvalue weighted by Crippen LogP contribution is -2.45. The Bertz CT molecular complexity index is 494. The first-order chi connectivity index (χ1) is 10.4. The van der Waals surface area contributed by atoms with E-state index in [9.17, 15) is 18.3 Å². The van der Waals surface area contributed by atoms with Gasteiger partial charge in [-0.2, -0.15) is 13.2 Å². The second kappa shape index (κ2) is 8.61. The van der Waals surface area contributed by atoms with E-state index in [1.54, 1.807) is 18.2 Å². The fourth-order valence-electron chi connectivity index (χ4n) is 2.80. The summed E-state index contributed by atoms with van der Waals surface area (Å²) < 4.78 is 42.9. The summed E-state index contributed by atoms with van der Waals surface area (Å²) in [6, 6.07) is 4.48. The number of para-hydroxylation sites is 1. The molecule has 2 rings (SSSR count). The number of rotatable bonds is 5. The third-order valence-corrected chi connectivity index (χ3v) is 3.90. The smallest absolute Gasteiger partial charge is 0.389 e. The molecule has 1 fully saturated rings. The van der Waals surface area contributed by atoms with Gasteiger partial charge in [-0.15, -0.1) is 12.4 Å². The van der Waals surface area contributed by atoms with Crippen LogP contribution in [0.2, 0.25) is 0 Å². The van der Waals surface area contributed by atoms with Crippen molar-refractivity contribution >= 4 is 12.4 Å². The summed E-state index contributed by atoms with van der Waals surface area (Å²) in [4.78, 5) is 1.98. The highest BCUT2D eigenvalue weighted by Crippen LogP contribution is 2.39. The first kappa shape index (κ1) is 19.9. The fourth-order valence-corrected chi connectivity index (χ4v) is 2.80. The normalized spacial score (nSPS) is 17.4. The maximum Gasteiger partial charge on any atom is 0.389 e. The van der Waals surface area contributed by atoms with E-state index in [-0.39, 0.29) is 30.3 Å². The number of hydrogen-bond acceptors (Lipinski definition) is 4. The molecule has 1 saturated heterocycles. The van der Waals surface area contributed by atoms with Crippen LogP contribution in [0.5, 0.6) is 11.5 Å². The number of phenols is 1. The molecule has 2 N–H and O–H groups in total. The summed E-state index contributed by atoms with van der Waals surface area (Å²) >= 11 is 0. The molecule has 8 heteroatoms. The van der Waals surface area contributed by atoms with Gasteiger partial charge in [0.2, 0.25) is 0 Å². The predicted octanol–water partition coefficient (Wildman–Crippen LogP) is 3.11. The highest BCUT2D eigenvalue weighted by molar-refractivity contribution is 5.85. The minimum absolute atomic E-state index is 0. The van der Waals surface area contributed by atoms with E-state index in [2.05, 4.69) is 5.32 Å². The zero-order valence-corrected chi connectivity index (χ0v) is 13.7. The van der Waals surface area contributed by atoms with Crippen LogP contribution in [0, 0.1) is 0 Å². The molecule has 0 aliphatic carbocycles. The van der Waals surface area contributed by atoms with E-state index < -0.39 is 18.6 Å². The van der Waals surface area contributed by atoms with Gasteiger partial charge in [0.15, 0.2) is 11.5 Å². The quantitative estimate of drug-likeness (QED) is 0.853. The molecule has 4 nitrogen and oxygen atoms in total. The summed E-state index contributed by atoms with van der Waals surface area (Å²) in [5, 5.41) is 13.5. The van der Waals surface area contributed by atoms with Gasteiger partial charge in [-0.3, -0.25) is 4.90 Å². The number of alkyl halides is 3. The van der Waals surface area contributed by atoms with Crippen molar-refractivity contribution in [1.82, 2.24) is 10.2 Å². The second-order valence-corrected chi connectivity index (χ2v) is 5.35. The first-order valence-corrected chi connectivity index (χ1v) is 7.30. The Morgan fingerprint density at radius 2 is 1.96 bits per heavy atom. The number of hydrogen-bond donors (Lipinski definition) is 2. The van der Waals surface area contributed by atoms with Crippen molar-refractivity contribution in [2.75, 3.05) is 33.3 Å². The minimum atomic E-state index is -4.21. The maximum atomic E-state index is 12.6. The second-order valence-electron chi connectivity index (χ2n) is 5.35. The van der Waals surface area contributed by atoms with E-state index in [1.165, 1.54) is 7.11 Å². The largest absolute Gasteiger partial charge is 0.504 e. The first-order valence-electron chi connectivity index (χ1n) is 7.30. The Labute approximate surface area is 140 Å². The molecule has 1 aromatic carbocycles. The maximum absolute atomic E-state index is 12.6. The number of methoxy groups -OCH3 is 1. The third kappa shape index (κ3) is 5.44. The van der Waals surface area contributed by atoms with Gasteiger partial charge < -0.3 is 15.2 Å². The molecule has 1 aliphatic rings. The van der Waals surface area contributed by atoms with Crippen LogP contribution in [0.3, 0.4) is 0 Å².